The quantitative estimate of drug-likeness (QED) is 0.500. The van der Waals surface area contributed by atoms with E-state index in [2.05, 4.69) is 0 Å². The summed E-state index contributed by atoms with van der Waals surface area (Å²) in [6, 6.07) is 1.82. The molecule has 5 heteroatoms. The Bertz CT molecular complexity index is 318. The number of nitrogens with two attached hydrogens (primary N) is 2. The first-order valence-electron chi connectivity index (χ1n) is 4.76. The van der Waals surface area contributed by atoms with Crippen molar-refractivity contribution in [1.82, 2.24) is 0 Å². The van der Waals surface area contributed by atoms with Crippen LogP contribution in [0.2, 0.25) is 0 Å². The summed E-state index contributed by atoms with van der Waals surface area (Å²) in [4.78, 5) is 0. The van der Waals surface area contributed by atoms with E-state index in [0.717, 1.165) is 12.1 Å². The molecule has 1 rings (SSSR count). The lowest BCUT2D eigenvalue weighted by Gasteiger charge is -2.15. The summed E-state index contributed by atoms with van der Waals surface area (Å²) in [5.74, 6) is -0.589. The van der Waals surface area contributed by atoms with Gasteiger partial charge in [-0.1, -0.05) is 0 Å². The first-order valence-corrected chi connectivity index (χ1v) is 4.76. The van der Waals surface area contributed by atoms with E-state index >= 15 is 0 Å². The Balaban J connectivity index is 2.92. The van der Waals surface area contributed by atoms with Crippen molar-refractivity contribution >= 4 is 0 Å². The number of hydrogen-bond donors (Lipinski definition) is 5. The molecule has 0 aliphatic carbocycles. The maximum absolute atomic E-state index is 9.51. The minimum Gasteiger partial charge on any atom is -0.508 e. The highest BCUT2D eigenvalue weighted by Gasteiger charge is 2.16. The largest absolute Gasteiger partial charge is 0.508 e. The summed E-state index contributed by atoms with van der Waals surface area (Å²) in [6.07, 6.45) is 1.28. The first kappa shape index (κ1) is 11.6. The van der Waals surface area contributed by atoms with Crippen LogP contribution in [-0.2, 0) is 0 Å². The molecule has 0 radical (unpaired) electrons. The van der Waals surface area contributed by atoms with Gasteiger partial charge in [0.25, 0.3) is 0 Å². The van der Waals surface area contributed by atoms with E-state index in [-0.39, 0.29) is 22.8 Å². The topological polar surface area (TPSA) is 113 Å². The van der Waals surface area contributed by atoms with Crippen LogP contribution in [0.5, 0.6) is 17.2 Å². The van der Waals surface area contributed by atoms with Crippen molar-refractivity contribution in [1.29, 1.82) is 0 Å². The lowest BCUT2D eigenvalue weighted by Crippen LogP contribution is -2.12. The first-order chi connectivity index (χ1) is 7.06. The van der Waals surface area contributed by atoms with E-state index in [9.17, 15) is 10.2 Å². The molecular weight excluding hydrogens is 196 g/mol. The molecule has 0 amide bonds. The number of phenolic OH excluding ortho intramolecular Hbond substituents is 3. The molecule has 1 aromatic carbocycles. The normalized spacial score (nSPS) is 12.7. The maximum Gasteiger partial charge on any atom is 0.127 e. The van der Waals surface area contributed by atoms with Crippen molar-refractivity contribution in [3.8, 4) is 17.2 Å². The molecule has 0 saturated carbocycles. The van der Waals surface area contributed by atoms with Crippen LogP contribution >= 0.6 is 0 Å². The van der Waals surface area contributed by atoms with Gasteiger partial charge in [-0.15, -0.1) is 0 Å². The van der Waals surface area contributed by atoms with Gasteiger partial charge >= 0.3 is 0 Å². The Morgan fingerprint density at radius 1 is 1.13 bits per heavy atom. The second-order valence-corrected chi connectivity index (χ2v) is 3.44. The fourth-order valence-corrected chi connectivity index (χ4v) is 1.47. The van der Waals surface area contributed by atoms with Crippen molar-refractivity contribution in [2.45, 2.75) is 18.9 Å². The highest BCUT2D eigenvalue weighted by molar-refractivity contribution is 5.50. The Morgan fingerprint density at radius 2 is 1.67 bits per heavy atom. The smallest absolute Gasteiger partial charge is 0.127 e. The average molecular weight is 212 g/mol. The molecule has 0 fully saturated rings. The van der Waals surface area contributed by atoms with E-state index < -0.39 is 6.04 Å². The van der Waals surface area contributed by atoms with Crippen molar-refractivity contribution in [2.75, 3.05) is 6.54 Å². The third-order valence-electron chi connectivity index (χ3n) is 2.21. The van der Waals surface area contributed by atoms with Crippen molar-refractivity contribution in [2.24, 2.45) is 11.5 Å². The second kappa shape index (κ2) is 4.86. The lowest BCUT2D eigenvalue weighted by atomic mass is 10.0. The SMILES string of the molecule is NCCC[C@@H](N)c1c(O)cc(O)cc1O. The van der Waals surface area contributed by atoms with Crippen molar-refractivity contribution in [3.63, 3.8) is 0 Å². The summed E-state index contributed by atoms with van der Waals surface area (Å²) in [6.45, 7) is 0.507. The molecule has 0 saturated heterocycles. The molecule has 84 valence electrons. The second-order valence-electron chi connectivity index (χ2n) is 3.44. The number of hydrogen-bond acceptors (Lipinski definition) is 5. The van der Waals surface area contributed by atoms with Gasteiger partial charge in [-0.05, 0) is 19.4 Å². The van der Waals surface area contributed by atoms with Gasteiger partial charge in [0.1, 0.15) is 17.2 Å². The minimum atomic E-state index is -0.478. The lowest BCUT2D eigenvalue weighted by molar-refractivity contribution is 0.408. The summed E-state index contributed by atoms with van der Waals surface area (Å²) >= 11 is 0. The fraction of sp³-hybridized carbons (Fsp3) is 0.400. The maximum atomic E-state index is 9.51. The fourth-order valence-electron chi connectivity index (χ4n) is 1.47. The average Bonchev–Trinajstić information content (AvgIpc) is 2.12. The van der Waals surface area contributed by atoms with Crippen LogP contribution in [0.4, 0.5) is 0 Å². The van der Waals surface area contributed by atoms with Gasteiger partial charge in [-0.3, -0.25) is 0 Å². The molecule has 15 heavy (non-hydrogen) atoms. The molecule has 5 nitrogen and oxygen atoms in total. The van der Waals surface area contributed by atoms with E-state index in [4.69, 9.17) is 16.6 Å². The summed E-state index contributed by atoms with van der Waals surface area (Å²) < 4.78 is 0. The van der Waals surface area contributed by atoms with Crippen LogP contribution in [0.25, 0.3) is 0 Å². The predicted molar refractivity (Wildman–Crippen MR) is 56.7 cm³/mol. The monoisotopic (exact) mass is 212 g/mol. The van der Waals surface area contributed by atoms with Crippen LogP contribution in [0, 0.1) is 0 Å². The summed E-state index contributed by atoms with van der Waals surface area (Å²) in [5.41, 5.74) is 11.4. The molecule has 0 unspecified atom stereocenters. The molecule has 0 aliphatic rings. The molecule has 1 aromatic rings. The summed E-state index contributed by atoms with van der Waals surface area (Å²) in [5, 5.41) is 28.1. The van der Waals surface area contributed by atoms with Gasteiger partial charge in [0, 0.05) is 18.2 Å². The highest BCUT2D eigenvalue weighted by atomic mass is 16.3. The van der Waals surface area contributed by atoms with Gasteiger partial charge in [-0.2, -0.15) is 0 Å². The Hall–Kier alpha value is -1.46. The van der Waals surface area contributed by atoms with Crippen LogP contribution in [0.3, 0.4) is 0 Å². The van der Waals surface area contributed by atoms with E-state index in [0.29, 0.717) is 19.4 Å². The molecule has 0 spiro atoms. The van der Waals surface area contributed by atoms with Gasteiger partial charge in [0.05, 0.1) is 5.56 Å². The highest BCUT2D eigenvalue weighted by Crippen LogP contribution is 2.36. The van der Waals surface area contributed by atoms with Gasteiger partial charge < -0.3 is 26.8 Å². The van der Waals surface area contributed by atoms with E-state index in [1.54, 1.807) is 0 Å². The van der Waals surface area contributed by atoms with Crippen molar-refractivity contribution < 1.29 is 15.3 Å². The third-order valence-corrected chi connectivity index (χ3v) is 2.21. The Kier molecular flexibility index (Phi) is 3.76. The van der Waals surface area contributed by atoms with Crippen LogP contribution in [0.1, 0.15) is 24.4 Å². The van der Waals surface area contributed by atoms with E-state index in [1.807, 2.05) is 0 Å². The molecule has 0 heterocycles. The van der Waals surface area contributed by atoms with Crippen molar-refractivity contribution in [3.05, 3.63) is 17.7 Å². The Labute approximate surface area is 88.0 Å². The number of rotatable bonds is 4. The predicted octanol–water partition coefficient (Wildman–Crippen LogP) is 0.542. The zero-order valence-corrected chi connectivity index (χ0v) is 8.35. The Morgan fingerprint density at radius 3 is 2.13 bits per heavy atom. The molecule has 7 N–H and O–H groups in total. The molecule has 0 aromatic heterocycles. The molecule has 1 atom stereocenters. The van der Waals surface area contributed by atoms with E-state index in [1.165, 1.54) is 0 Å². The van der Waals surface area contributed by atoms with Gasteiger partial charge in [0.15, 0.2) is 0 Å². The molecular formula is C10H16N2O3. The van der Waals surface area contributed by atoms with Gasteiger partial charge in [0.2, 0.25) is 0 Å². The minimum absolute atomic E-state index is 0.195. The zero-order chi connectivity index (χ0) is 11.4. The van der Waals surface area contributed by atoms with Crippen LogP contribution in [0.15, 0.2) is 12.1 Å². The zero-order valence-electron chi connectivity index (χ0n) is 8.35. The third kappa shape index (κ3) is 2.74. The number of phenols is 3. The number of benzene rings is 1. The van der Waals surface area contributed by atoms with Crippen LogP contribution < -0.4 is 11.5 Å². The summed E-state index contributed by atoms with van der Waals surface area (Å²) in [7, 11) is 0. The van der Waals surface area contributed by atoms with Gasteiger partial charge in [-0.25, -0.2) is 0 Å². The standard InChI is InChI=1S/C10H16N2O3/c11-3-1-2-7(12)10-8(14)4-6(13)5-9(10)15/h4-5,7,13-15H,1-3,11-12H2/t7-/m1/s1. The molecule has 0 aliphatic heterocycles. The molecule has 0 bridgehead atoms. The van der Waals surface area contributed by atoms with Crippen LogP contribution in [-0.4, -0.2) is 21.9 Å². The number of aromatic hydroxyl groups is 3.